The molecule has 1 aromatic rings. The summed E-state index contributed by atoms with van der Waals surface area (Å²) in [7, 11) is -3.58. The molecule has 2 fully saturated rings. The number of fused-ring (bicyclic) bond motifs is 1. The SMILES string of the molecule is O=S(=O)(NCC1CN2CCCC2CO1)c1ccsc1CO. The van der Waals surface area contributed by atoms with Gasteiger partial charge in [0.05, 0.1) is 24.2 Å². The molecule has 2 saturated heterocycles. The van der Waals surface area contributed by atoms with Crippen molar-refractivity contribution >= 4 is 21.4 Å². The molecular weight excluding hydrogens is 312 g/mol. The lowest BCUT2D eigenvalue weighted by atomic mass is 10.2. The third-order valence-electron chi connectivity index (χ3n) is 4.10. The molecule has 0 spiro atoms. The van der Waals surface area contributed by atoms with E-state index in [0.717, 1.165) is 13.1 Å². The quantitative estimate of drug-likeness (QED) is 0.815. The van der Waals surface area contributed by atoms with Gasteiger partial charge in [0.15, 0.2) is 0 Å². The smallest absolute Gasteiger partial charge is 0.241 e. The number of ether oxygens (including phenoxy) is 1. The van der Waals surface area contributed by atoms with Crippen LogP contribution in [0.5, 0.6) is 0 Å². The molecule has 8 heteroatoms. The van der Waals surface area contributed by atoms with Crippen LogP contribution in [0.4, 0.5) is 0 Å². The van der Waals surface area contributed by atoms with Gasteiger partial charge < -0.3 is 9.84 Å². The summed E-state index contributed by atoms with van der Waals surface area (Å²) >= 11 is 1.24. The van der Waals surface area contributed by atoms with Crippen molar-refractivity contribution in [1.82, 2.24) is 9.62 Å². The molecule has 2 aliphatic rings. The Labute approximate surface area is 128 Å². The van der Waals surface area contributed by atoms with Gasteiger partial charge in [-0.15, -0.1) is 11.3 Å². The first kappa shape index (κ1) is 15.4. The van der Waals surface area contributed by atoms with E-state index in [1.807, 2.05) is 0 Å². The zero-order valence-corrected chi connectivity index (χ0v) is 13.3. The highest BCUT2D eigenvalue weighted by atomic mass is 32.2. The fraction of sp³-hybridized carbons (Fsp3) is 0.692. The van der Waals surface area contributed by atoms with Crippen LogP contribution in [0.3, 0.4) is 0 Å². The predicted octanol–water partition coefficient (Wildman–Crippen LogP) is 0.382. The molecule has 3 rings (SSSR count). The Bertz CT molecular complexity index is 587. The normalized spacial score (nSPS) is 26.9. The molecule has 6 nitrogen and oxygen atoms in total. The van der Waals surface area contributed by atoms with Crippen LogP contribution in [-0.4, -0.2) is 56.8 Å². The summed E-state index contributed by atoms with van der Waals surface area (Å²) in [5, 5.41) is 10.8. The molecule has 21 heavy (non-hydrogen) atoms. The Morgan fingerprint density at radius 3 is 3.19 bits per heavy atom. The first-order valence-electron chi connectivity index (χ1n) is 7.12. The van der Waals surface area contributed by atoms with E-state index in [0.29, 0.717) is 17.5 Å². The maximum atomic E-state index is 12.3. The fourth-order valence-corrected chi connectivity index (χ4v) is 5.33. The Hall–Kier alpha value is -0.510. The number of sulfonamides is 1. The van der Waals surface area contributed by atoms with E-state index in [2.05, 4.69) is 9.62 Å². The van der Waals surface area contributed by atoms with Crippen molar-refractivity contribution in [3.63, 3.8) is 0 Å². The Balaban J connectivity index is 1.59. The first-order valence-corrected chi connectivity index (χ1v) is 9.49. The summed E-state index contributed by atoms with van der Waals surface area (Å²) in [6.45, 7) is 2.56. The summed E-state index contributed by atoms with van der Waals surface area (Å²) in [5.74, 6) is 0. The van der Waals surface area contributed by atoms with Crippen molar-refractivity contribution in [3.05, 3.63) is 16.3 Å². The fourth-order valence-electron chi connectivity index (χ4n) is 2.97. The number of hydrogen-bond donors (Lipinski definition) is 2. The van der Waals surface area contributed by atoms with Crippen LogP contribution in [0.2, 0.25) is 0 Å². The number of aliphatic hydroxyl groups excluding tert-OH is 1. The molecule has 1 aromatic heterocycles. The van der Waals surface area contributed by atoms with Crippen LogP contribution in [0, 0.1) is 0 Å². The minimum absolute atomic E-state index is 0.106. The van der Waals surface area contributed by atoms with Crippen molar-refractivity contribution in [2.75, 3.05) is 26.2 Å². The van der Waals surface area contributed by atoms with Gasteiger partial charge in [0.25, 0.3) is 0 Å². The minimum Gasteiger partial charge on any atom is -0.391 e. The molecule has 2 aliphatic heterocycles. The van der Waals surface area contributed by atoms with Gasteiger partial charge in [-0.1, -0.05) is 0 Å². The lowest BCUT2D eigenvalue weighted by Gasteiger charge is -2.35. The predicted molar refractivity (Wildman–Crippen MR) is 79.8 cm³/mol. The molecule has 0 radical (unpaired) electrons. The molecule has 118 valence electrons. The molecule has 0 saturated carbocycles. The Kier molecular flexibility index (Phi) is 4.63. The van der Waals surface area contributed by atoms with Gasteiger partial charge in [-0.3, -0.25) is 4.90 Å². The topological polar surface area (TPSA) is 78.9 Å². The summed E-state index contributed by atoms with van der Waals surface area (Å²) in [5.41, 5.74) is 0. The standard InChI is InChI=1S/C13H20N2O4S2/c16-8-12-13(3-5-20-12)21(17,18)14-6-11-7-15-4-1-2-10(15)9-19-11/h3,5,10-11,14,16H,1-2,4,6-9H2. The molecule has 2 unspecified atom stereocenters. The molecule has 0 bridgehead atoms. The third kappa shape index (κ3) is 3.30. The van der Waals surface area contributed by atoms with Crippen molar-refractivity contribution in [1.29, 1.82) is 0 Å². The largest absolute Gasteiger partial charge is 0.391 e. The van der Waals surface area contributed by atoms with E-state index in [1.54, 1.807) is 5.38 Å². The molecule has 0 amide bonds. The lowest BCUT2D eigenvalue weighted by Crippen LogP contribution is -2.50. The second-order valence-corrected chi connectivity index (χ2v) is 8.20. The highest BCUT2D eigenvalue weighted by molar-refractivity contribution is 7.89. The van der Waals surface area contributed by atoms with E-state index in [4.69, 9.17) is 4.74 Å². The number of nitrogens with zero attached hydrogens (tertiary/aromatic N) is 1. The number of aliphatic hydroxyl groups is 1. The van der Waals surface area contributed by atoms with Crippen molar-refractivity contribution in [3.8, 4) is 0 Å². The van der Waals surface area contributed by atoms with E-state index >= 15 is 0 Å². The summed E-state index contributed by atoms with van der Waals surface area (Å²) in [6.07, 6.45) is 2.26. The van der Waals surface area contributed by atoms with Gasteiger partial charge >= 0.3 is 0 Å². The molecule has 2 atom stereocenters. The first-order chi connectivity index (χ1) is 10.1. The number of thiophene rings is 1. The minimum atomic E-state index is -3.58. The van der Waals surface area contributed by atoms with E-state index in [9.17, 15) is 13.5 Å². The molecule has 0 aliphatic carbocycles. The molecule has 3 heterocycles. The van der Waals surface area contributed by atoms with Gasteiger partial charge in [-0.25, -0.2) is 13.1 Å². The van der Waals surface area contributed by atoms with Crippen LogP contribution in [0.15, 0.2) is 16.3 Å². The Morgan fingerprint density at radius 1 is 1.52 bits per heavy atom. The maximum absolute atomic E-state index is 12.3. The van der Waals surface area contributed by atoms with Gasteiger partial charge in [0, 0.05) is 24.0 Å². The summed E-state index contributed by atoms with van der Waals surface area (Å²) < 4.78 is 32.9. The summed E-state index contributed by atoms with van der Waals surface area (Å²) in [6, 6.07) is 2.03. The van der Waals surface area contributed by atoms with E-state index in [-0.39, 0.29) is 24.2 Å². The van der Waals surface area contributed by atoms with Crippen molar-refractivity contribution in [2.45, 2.75) is 36.5 Å². The second kappa shape index (κ2) is 6.31. The Morgan fingerprint density at radius 2 is 2.38 bits per heavy atom. The molecular formula is C13H20N2O4S2. The number of morpholine rings is 1. The molecule has 0 aromatic carbocycles. The summed E-state index contributed by atoms with van der Waals surface area (Å²) in [4.78, 5) is 3.02. The third-order valence-corrected chi connectivity index (χ3v) is 6.64. The van der Waals surface area contributed by atoms with Crippen LogP contribution in [-0.2, 0) is 21.4 Å². The van der Waals surface area contributed by atoms with Gasteiger partial charge in [-0.2, -0.15) is 0 Å². The van der Waals surface area contributed by atoms with Gasteiger partial charge in [-0.05, 0) is 30.8 Å². The second-order valence-electron chi connectivity index (χ2n) is 5.46. The lowest BCUT2D eigenvalue weighted by molar-refractivity contribution is -0.0449. The van der Waals surface area contributed by atoms with E-state index in [1.165, 1.54) is 30.2 Å². The highest BCUT2D eigenvalue weighted by Gasteiger charge is 2.32. The van der Waals surface area contributed by atoms with Crippen LogP contribution < -0.4 is 4.72 Å². The van der Waals surface area contributed by atoms with Crippen molar-refractivity contribution < 1.29 is 18.3 Å². The average molecular weight is 332 g/mol. The maximum Gasteiger partial charge on any atom is 0.241 e. The van der Waals surface area contributed by atoms with Gasteiger partial charge in [0.1, 0.15) is 0 Å². The van der Waals surface area contributed by atoms with Crippen LogP contribution >= 0.6 is 11.3 Å². The number of rotatable bonds is 5. The van der Waals surface area contributed by atoms with Crippen LogP contribution in [0.25, 0.3) is 0 Å². The van der Waals surface area contributed by atoms with Crippen LogP contribution in [0.1, 0.15) is 17.7 Å². The van der Waals surface area contributed by atoms with Gasteiger partial charge in [0.2, 0.25) is 10.0 Å². The van der Waals surface area contributed by atoms with E-state index < -0.39 is 10.0 Å². The number of nitrogens with one attached hydrogen (secondary N) is 1. The zero-order valence-electron chi connectivity index (χ0n) is 11.7. The molecule has 2 N–H and O–H groups in total. The highest BCUT2D eigenvalue weighted by Crippen LogP contribution is 2.24. The number of hydrogen-bond acceptors (Lipinski definition) is 6. The van der Waals surface area contributed by atoms with Crippen molar-refractivity contribution in [2.24, 2.45) is 0 Å². The monoisotopic (exact) mass is 332 g/mol. The zero-order chi connectivity index (χ0) is 14.9. The average Bonchev–Trinajstić information content (AvgIpc) is 3.13.